The first kappa shape index (κ1) is 25.8. The molecule has 0 saturated heterocycles. The molecule has 8 nitrogen and oxygen atoms in total. The molecule has 3 aromatic heterocycles. The summed E-state index contributed by atoms with van der Waals surface area (Å²) in [6.45, 7) is 2.32. The van der Waals surface area contributed by atoms with Gasteiger partial charge in [-0.15, -0.1) is 10.2 Å². The molecule has 39 heavy (non-hydrogen) atoms. The van der Waals surface area contributed by atoms with Gasteiger partial charge < -0.3 is 14.6 Å². The molecule has 4 aromatic rings. The van der Waals surface area contributed by atoms with Crippen molar-refractivity contribution in [2.24, 2.45) is 7.05 Å². The van der Waals surface area contributed by atoms with Gasteiger partial charge in [0.1, 0.15) is 12.2 Å². The van der Waals surface area contributed by atoms with Crippen molar-refractivity contribution in [3.8, 4) is 5.69 Å². The maximum atomic E-state index is 14.2. The molecule has 11 heteroatoms. The Morgan fingerprint density at radius 3 is 2.56 bits per heavy atom. The van der Waals surface area contributed by atoms with E-state index in [0.29, 0.717) is 24.1 Å². The first-order valence-electron chi connectivity index (χ1n) is 13.1. The van der Waals surface area contributed by atoms with Crippen molar-refractivity contribution in [3.63, 3.8) is 0 Å². The van der Waals surface area contributed by atoms with E-state index in [-0.39, 0.29) is 23.7 Å². The van der Waals surface area contributed by atoms with Gasteiger partial charge >= 0.3 is 11.9 Å². The number of aromatic nitrogens is 5. The van der Waals surface area contributed by atoms with Gasteiger partial charge in [-0.05, 0) is 68.4 Å². The average molecular weight is 541 g/mol. The lowest BCUT2D eigenvalue weighted by Gasteiger charge is -2.46. The van der Waals surface area contributed by atoms with Crippen LogP contribution in [0, 0.1) is 0 Å². The summed E-state index contributed by atoms with van der Waals surface area (Å²) < 4.78 is 52.3. The van der Waals surface area contributed by atoms with Crippen molar-refractivity contribution in [1.82, 2.24) is 29.0 Å². The Hall–Kier alpha value is -3.44. The summed E-state index contributed by atoms with van der Waals surface area (Å²) in [6.07, 6.45) is 4.29. The molecule has 6 rings (SSSR count). The van der Waals surface area contributed by atoms with Crippen LogP contribution in [0.25, 0.3) is 11.2 Å². The number of alkyl halides is 3. The van der Waals surface area contributed by atoms with Crippen molar-refractivity contribution in [1.29, 1.82) is 0 Å². The third-order valence-electron chi connectivity index (χ3n) is 8.61. The summed E-state index contributed by atoms with van der Waals surface area (Å²) in [6, 6.07) is 8.50. The van der Waals surface area contributed by atoms with Crippen molar-refractivity contribution in [3.05, 3.63) is 82.1 Å². The topological polar surface area (TPSA) is 78.4 Å². The Bertz CT molecular complexity index is 1590. The smallest absolute Gasteiger partial charge is 0.381 e. The van der Waals surface area contributed by atoms with Crippen LogP contribution in [0.5, 0.6) is 0 Å². The highest BCUT2D eigenvalue weighted by Gasteiger charge is 2.50. The van der Waals surface area contributed by atoms with Crippen LogP contribution in [-0.2, 0) is 29.9 Å². The quantitative estimate of drug-likeness (QED) is 0.377. The van der Waals surface area contributed by atoms with Gasteiger partial charge in [0.05, 0.1) is 28.3 Å². The predicted octanol–water partition coefficient (Wildman–Crippen LogP) is 4.36. The Labute approximate surface area is 223 Å². The van der Waals surface area contributed by atoms with Crippen LogP contribution in [-0.4, -0.2) is 42.5 Å². The summed E-state index contributed by atoms with van der Waals surface area (Å²) >= 11 is 0. The zero-order valence-corrected chi connectivity index (χ0v) is 22.1. The third kappa shape index (κ3) is 4.28. The third-order valence-corrected chi connectivity index (χ3v) is 8.61. The molecular weight excluding hydrogens is 509 g/mol. The molecule has 1 aromatic carbocycles. The van der Waals surface area contributed by atoms with E-state index in [1.807, 2.05) is 29.8 Å². The second-order valence-corrected chi connectivity index (χ2v) is 11.2. The predicted molar refractivity (Wildman–Crippen MR) is 139 cm³/mol. The molecule has 2 aliphatic rings. The van der Waals surface area contributed by atoms with Gasteiger partial charge in [0, 0.05) is 38.6 Å². The molecule has 1 N–H and O–H groups in total. The highest BCUT2D eigenvalue weighted by molar-refractivity contribution is 5.58. The van der Waals surface area contributed by atoms with Crippen LogP contribution >= 0.6 is 0 Å². The number of hydrogen-bond donors (Lipinski definition) is 1. The number of methoxy groups -OCH3 is 1. The number of halogens is 3. The van der Waals surface area contributed by atoms with Crippen LogP contribution in [0.1, 0.15) is 61.5 Å². The number of fused-ring (bicyclic) bond motifs is 1. The highest BCUT2D eigenvalue weighted by atomic mass is 19.4. The van der Waals surface area contributed by atoms with Gasteiger partial charge in [-0.3, -0.25) is 8.97 Å². The van der Waals surface area contributed by atoms with Crippen LogP contribution in [0.3, 0.4) is 0 Å². The molecule has 3 heterocycles. The van der Waals surface area contributed by atoms with E-state index in [9.17, 15) is 18.0 Å². The van der Waals surface area contributed by atoms with Crippen molar-refractivity contribution in [2.45, 2.75) is 68.8 Å². The number of ether oxygens (including phenoxy) is 1. The van der Waals surface area contributed by atoms with E-state index in [4.69, 9.17) is 4.74 Å². The SMILES string of the molecule is CO[C@H]1C[C@@](c2cccc(-n3cc4c(C(F)(F)F)cc(CNC5(C)CCC5)cn4c3=O)c2)(c2nncn2C)C1. The fourth-order valence-electron chi connectivity index (χ4n) is 6.05. The Kier molecular flexibility index (Phi) is 5.99. The lowest BCUT2D eigenvalue weighted by atomic mass is 9.62. The molecule has 0 spiro atoms. The molecule has 0 unspecified atom stereocenters. The Balaban J connectivity index is 1.43. The molecule has 0 aliphatic heterocycles. The molecule has 0 radical (unpaired) electrons. The van der Waals surface area contributed by atoms with Gasteiger partial charge in [-0.1, -0.05) is 12.1 Å². The maximum absolute atomic E-state index is 14.2. The fourth-order valence-corrected chi connectivity index (χ4v) is 6.05. The Morgan fingerprint density at radius 1 is 1.18 bits per heavy atom. The van der Waals surface area contributed by atoms with Crippen LogP contribution in [0.4, 0.5) is 13.2 Å². The minimum absolute atomic E-state index is 0.0497. The van der Waals surface area contributed by atoms with E-state index in [1.165, 1.54) is 17.0 Å². The number of rotatable bonds is 7. The molecule has 2 saturated carbocycles. The molecule has 0 amide bonds. The van der Waals surface area contributed by atoms with Crippen molar-refractivity contribution < 1.29 is 17.9 Å². The summed E-state index contributed by atoms with van der Waals surface area (Å²) in [5.41, 5.74) is -0.309. The average Bonchev–Trinajstić information content (AvgIpc) is 3.44. The first-order chi connectivity index (χ1) is 18.5. The normalized spacial score (nSPS) is 22.6. The van der Waals surface area contributed by atoms with E-state index in [1.54, 1.807) is 19.5 Å². The van der Waals surface area contributed by atoms with Gasteiger partial charge in [-0.2, -0.15) is 13.2 Å². The zero-order chi connectivity index (χ0) is 27.6. The first-order valence-corrected chi connectivity index (χ1v) is 13.1. The minimum Gasteiger partial charge on any atom is -0.381 e. The number of pyridine rings is 1. The van der Waals surface area contributed by atoms with Gasteiger partial charge in [0.15, 0.2) is 0 Å². The molecule has 0 bridgehead atoms. The zero-order valence-electron chi connectivity index (χ0n) is 22.1. The second kappa shape index (κ2) is 9.06. The summed E-state index contributed by atoms with van der Waals surface area (Å²) in [4.78, 5) is 13.5. The van der Waals surface area contributed by atoms with E-state index in [0.717, 1.165) is 41.1 Å². The van der Waals surface area contributed by atoms with Crippen LogP contribution in [0.2, 0.25) is 0 Å². The maximum Gasteiger partial charge on any atom is 0.418 e. The number of benzene rings is 1. The molecule has 2 fully saturated rings. The van der Waals surface area contributed by atoms with E-state index in [2.05, 4.69) is 22.4 Å². The summed E-state index contributed by atoms with van der Waals surface area (Å²) in [5, 5.41) is 11.8. The van der Waals surface area contributed by atoms with Gasteiger partial charge in [0.25, 0.3) is 0 Å². The Morgan fingerprint density at radius 2 is 1.95 bits per heavy atom. The number of imidazole rings is 1. The van der Waals surface area contributed by atoms with E-state index >= 15 is 0 Å². The molecule has 0 atom stereocenters. The van der Waals surface area contributed by atoms with Crippen molar-refractivity contribution >= 4 is 5.52 Å². The minimum atomic E-state index is -4.61. The van der Waals surface area contributed by atoms with Crippen LogP contribution in [0.15, 0.2) is 53.8 Å². The number of nitrogens with zero attached hydrogens (tertiary/aromatic N) is 5. The molecular formula is C28H31F3N6O2. The van der Waals surface area contributed by atoms with Crippen LogP contribution < -0.4 is 11.0 Å². The van der Waals surface area contributed by atoms with Gasteiger partial charge in [-0.25, -0.2) is 4.79 Å². The standard InChI is InChI=1S/C28H31F3N6O2/c1-26(8-5-9-26)32-14-18-10-22(28(29,30)31)23-16-36(25(38)37(23)15-18)20-7-4-6-19(11-20)27(12-21(13-27)39-3)24-34-33-17-35(24)2/h4,6-7,10-11,15-17,21,32H,5,8-9,12-14H2,1-3H3/t21-,27+. The second-order valence-electron chi connectivity index (χ2n) is 11.2. The number of nitrogens with one attached hydrogen (secondary N) is 1. The lowest BCUT2D eigenvalue weighted by Crippen LogP contribution is -2.48. The fraction of sp³-hybridized carbons (Fsp3) is 0.464. The monoisotopic (exact) mass is 540 g/mol. The highest BCUT2D eigenvalue weighted by Crippen LogP contribution is 2.49. The summed E-state index contributed by atoms with van der Waals surface area (Å²) in [7, 11) is 3.55. The largest absolute Gasteiger partial charge is 0.418 e. The lowest BCUT2D eigenvalue weighted by molar-refractivity contribution is -0.136. The van der Waals surface area contributed by atoms with Gasteiger partial charge in [0.2, 0.25) is 0 Å². The number of aryl methyl sites for hydroxylation is 1. The van der Waals surface area contributed by atoms with Crippen molar-refractivity contribution in [2.75, 3.05) is 7.11 Å². The molecule has 2 aliphatic carbocycles. The van der Waals surface area contributed by atoms with E-state index < -0.39 is 22.8 Å². The summed E-state index contributed by atoms with van der Waals surface area (Å²) in [5.74, 6) is 0.777. The molecule has 206 valence electrons. The number of hydrogen-bond acceptors (Lipinski definition) is 5.